The van der Waals surface area contributed by atoms with Gasteiger partial charge in [0.15, 0.2) is 23.3 Å². The first kappa shape index (κ1) is 23.1. The smallest absolute Gasteiger partial charge is 0.255 e. The molecule has 3 aromatic carbocycles. The van der Waals surface area contributed by atoms with Crippen LogP contribution in [0.4, 0.5) is 28.9 Å². The number of rotatable bonds is 7. The van der Waals surface area contributed by atoms with Crippen LogP contribution in [0.15, 0.2) is 59.5 Å². The van der Waals surface area contributed by atoms with Gasteiger partial charge in [-0.1, -0.05) is 12.1 Å². The van der Waals surface area contributed by atoms with Gasteiger partial charge >= 0.3 is 0 Å². The highest BCUT2D eigenvalue weighted by molar-refractivity contribution is 8.00. The molecule has 2 N–H and O–H groups in total. The van der Waals surface area contributed by atoms with Crippen LogP contribution in [0, 0.1) is 23.3 Å². The van der Waals surface area contributed by atoms with Crippen LogP contribution in [0.3, 0.4) is 0 Å². The first-order valence-electron chi connectivity index (χ1n) is 9.09. The van der Waals surface area contributed by atoms with Gasteiger partial charge in [-0.05, 0) is 36.4 Å². The molecule has 0 fully saturated rings. The zero-order valence-corrected chi connectivity index (χ0v) is 17.4. The summed E-state index contributed by atoms with van der Waals surface area (Å²) in [6, 6.07) is 13.2. The fraction of sp³-hybridized carbons (Fsp3) is 0.0909. The summed E-state index contributed by atoms with van der Waals surface area (Å²) >= 11 is 0.995. The molecule has 0 heterocycles. The van der Waals surface area contributed by atoms with E-state index < -0.39 is 34.9 Å². The zero-order valence-electron chi connectivity index (χ0n) is 16.5. The van der Waals surface area contributed by atoms with Gasteiger partial charge in [-0.2, -0.15) is 0 Å². The molecule has 0 saturated carbocycles. The minimum absolute atomic E-state index is 0.0559. The van der Waals surface area contributed by atoms with E-state index in [1.54, 1.807) is 48.5 Å². The van der Waals surface area contributed by atoms with Crippen LogP contribution in [0.2, 0.25) is 0 Å². The third-order valence-electron chi connectivity index (χ3n) is 4.17. The maximum absolute atomic E-state index is 13.7. The molecule has 0 aliphatic heterocycles. The first-order chi connectivity index (χ1) is 15.3. The number of ether oxygens (including phenoxy) is 1. The number of carbonyl (C=O) groups is 2. The van der Waals surface area contributed by atoms with E-state index in [2.05, 4.69) is 5.32 Å². The van der Waals surface area contributed by atoms with Crippen LogP contribution < -0.4 is 15.4 Å². The van der Waals surface area contributed by atoms with Crippen LogP contribution >= 0.6 is 11.8 Å². The highest BCUT2D eigenvalue weighted by Gasteiger charge is 2.21. The van der Waals surface area contributed by atoms with Crippen molar-refractivity contribution in [2.24, 2.45) is 0 Å². The Morgan fingerprint density at radius 1 is 0.906 bits per heavy atom. The van der Waals surface area contributed by atoms with Gasteiger partial charge in [-0.3, -0.25) is 9.59 Å². The Morgan fingerprint density at radius 2 is 1.59 bits per heavy atom. The number of nitrogens with one attached hydrogen (secondary N) is 2. The second-order valence-corrected chi connectivity index (χ2v) is 7.44. The second kappa shape index (κ2) is 10.2. The maximum atomic E-state index is 13.7. The molecule has 0 unspecified atom stereocenters. The van der Waals surface area contributed by atoms with Crippen molar-refractivity contribution in [3.63, 3.8) is 0 Å². The minimum atomic E-state index is -1.69. The number of methoxy groups -OCH3 is 1. The third kappa shape index (κ3) is 5.58. The molecule has 0 aromatic heterocycles. The van der Waals surface area contributed by atoms with E-state index in [9.17, 15) is 27.2 Å². The Kier molecular flexibility index (Phi) is 7.37. The van der Waals surface area contributed by atoms with E-state index in [-0.39, 0.29) is 17.7 Å². The lowest BCUT2D eigenvalue weighted by molar-refractivity contribution is -0.113. The van der Waals surface area contributed by atoms with E-state index in [1.807, 2.05) is 5.32 Å². The van der Waals surface area contributed by atoms with E-state index in [0.29, 0.717) is 21.9 Å². The van der Waals surface area contributed by atoms with Gasteiger partial charge in [0.25, 0.3) is 5.91 Å². The molecule has 0 aliphatic rings. The fourth-order valence-corrected chi connectivity index (χ4v) is 3.39. The largest absolute Gasteiger partial charge is 0.497 e. The Bertz CT molecular complexity index is 1150. The van der Waals surface area contributed by atoms with Gasteiger partial charge in [0.1, 0.15) is 11.4 Å². The molecule has 3 rings (SSSR count). The lowest BCUT2D eigenvalue weighted by Gasteiger charge is -2.10. The van der Waals surface area contributed by atoms with Gasteiger partial charge in [0.2, 0.25) is 5.91 Å². The van der Waals surface area contributed by atoms with E-state index >= 15 is 0 Å². The zero-order chi connectivity index (χ0) is 23.3. The summed E-state index contributed by atoms with van der Waals surface area (Å²) in [6.45, 7) is 0. The standard InChI is InChI=1S/C22H16F4N2O3S/c1-31-14-6-2-4-12(8-14)22(30)27-13-5-3-7-15(9-13)32-11-18(29)28-21-19(25)16(23)10-17(24)20(21)26/h2-10H,11H2,1H3,(H,27,30)(H,28,29). The normalized spacial score (nSPS) is 10.5. The Hall–Kier alpha value is -3.53. The predicted octanol–water partition coefficient (Wildman–Crippen LogP) is 5.23. The molecule has 32 heavy (non-hydrogen) atoms. The van der Waals surface area contributed by atoms with Crippen molar-refractivity contribution < 1.29 is 31.9 Å². The Morgan fingerprint density at radius 3 is 2.28 bits per heavy atom. The maximum Gasteiger partial charge on any atom is 0.255 e. The SMILES string of the molecule is COc1cccc(C(=O)Nc2cccc(SCC(=O)Nc3c(F)c(F)cc(F)c3F)c2)c1. The number of hydrogen-bond donors (Lipinski definition) is 2. The summed E-state index contributed by atoms with van der Waals surface area (Å²) in [5.41, 5.74) is -0.354. The number of thioether (sulfide) groups is 1. The number of anilines is 2. The first-order valence-corrected chi connectivity index (χ1v) is 10.1. The summed E-state index contributed by atoms with van der Waals surface area (Å²) in [6.07, 6.45) is 0. The molecular formula is C22H16F4N2O3S. The minimum Gasteiger partial charge on any atom is -0.497 e. The molecule has 0 aliphatic carbocycles. The van der Waals surface area contributed by atoms with Crippen LogP contribution in [-0.4, -0.2) is 24.7 Å². The van der Waals surface area contributed by atoms with Gasteiger partial charge < -0.3 is 15.4 Å². The van der Waals surface area contributed by atoms with Crippen molar-refractivity contribution in [1.29, 1.82) is 0 Å². The van der Waals surface area contributed by atoms with Crippen molar-refractivity contribution in [1.82, 2.24) is 0 Å². The predicted molar refractivity (Wildman–Crippen MR) is 113 cm³/mol. The van der Waals surface area contributed by atoms with Crippen LogP contribution in [0.25, 0.3) is 0 Å². The topological polar surface area (TPSA) is 67.4 Å². The second-order valence-electron chi connectivity index (χ2n) is 6.39. The molecule has 0 atom stereocenters. The summed E-state index contributed by atoms with van der Waals surface area (Å²) in [4.78, 5) is 25.0. The molecule has 10 heteroatoms. The van der Waals surface area contributed by atoms with Gasteiger partial charge in [-0.15, -0.1) is 11.8 Å². The molecule has 3 aromatic rings. The van der Waals surface area contributed by atoms with E-state index in [0.717, 1.165) is 11.8 Å². The number of halogens is 4. The number of hydrogen-bond acceptors (Lipinski definition) is 4. The summed E-state index contributed by atoms with van der Waals surface area (Å²) in [5.74, 6) is -7.64. The molecule has 0 spiro atoms. The number of carbonyl (C=O) groups excluding carboxylic acids is 2. The summed E-state index contributed by atoms with van der Waals surface area (Å²) in [5, 5.41) is 4.55. The van der Waals surface area contributed by atoms with Gasteiger partial charge in [0, 0.05) is 22.2 Å². The molecule has 2 amide bonds. The van der Waals surface area contributed by atoms with E-state index in [1.165, 1.54) is 7.11 Å². The number of benzene rings is 3. The molecule has 166 valence electrons. The highest BCUT2D eigenvalue weighted by Crippen LogP contribution is 2.26. The fourth-order valence-electron chi connectivity index (χ4n) is 2.64. The number of amides is 2. The third-order valence-corrected chi connectivity index (χ3v) is 5.16. The highest BCUT2D eigenvalue weighted by atomic mass is 32.2. The molecular weight excluding hydrogens is 448 g/mol. The van der Waals surface area contributed by atoms with E-state index in [4.69, 9.17) is 4.74 Å². The van der Waals surface area contributed by atoms with Crippen LogP contribution in [-0.2, 0) is 4.79 Å². The Balaban J connectivity index is 1.63. The monoisotopic (exact) mass is 464 g/mol. The molecule has 0 saturated heterocycles. The lowest BCUT2D eigenvalue weighted by atomic mass is 10.2. The quantitative estimate of drug-likeness (QED) is 0.285. The Labute approximate surface area is 184 Å². The average molecular weight is 464 g/mol. The molecule has 0 radical (unpaired) electrons. The van der Waals surface area contributed by atoms with Crippen molar-refractivity contribution in [2.45, 2.75) is 4.90 Å². The molecule has 5 nitrogen and oxygen atoms in total. The van der Waals surface area contributed by atoms with Crippen molar-refractivity contribution in [3.05, 3.63) is 83.4 Å². The van der Waals surface area contributed by atoms with Gasteiger partial charge in [-0.25, -0.2) is 17.6 Å². The van der Waals surface area contributed by atoms with Gasteiger partial charge in [0.05, 0.1) is 12.9 Å². The van der Waals surface area contributed by atoms with Crippen molar-refractivity contribution >= 4 is 35.0 Å². The molecule has 0 bridgehead atoms. The average Bonchev–Trinajstić information content (AvgIpc) is 2.79. The van der Waals surface area contributed by atoms with Crippen LogP contribution in [0.1, 0.15) is 10.4 Å². The van der Waals surface area contributed by atoms with Crippen molar-refractivity contribution in [3.8, 4) is 5.75 Å². The van der Waals surface area contributed by atoms with Crippen molar-refractivity contribution in [2.75, 3.05) is 23.5 Å². The summed E-state index contributed by atoms with van der Waals surface area (Å²) < 4.78 is 59.0. The summed E-state index contributed by atoms with van der Waals surface area (Å²) in [7, 11) is 1.49. The van der Waals surface area contributed by atoms with Crippen LogP contribution in [0.5, 0.6) is 5.75 Å². The lowest BCUT2D eigenvalue weighted by Crippen LogP contribution is -2.17.